The van der Waals surface area contributed by atoms with E-state index >= 15 is 0 Å². The lowest BCUT2D eigenvalue weighted by Crippen LogP contribution is -2.67. The zero-order chi connectivity index (χ0) is 40.5. The molecule has 1 N–H and O–H groups in total. The Hall–Kier alpha value is -2.99. The smallest absolute Gasteiger partial charge is 0.310 e. The fourth-order valence-electron chi connectivity index (χ4n) is 13.1. The van der Waals surface area contributed by atoms with Gasteiger partial charge in [-0.3, -0.25) is 24.0 Å². The first-order chi connectivity index (χ1) is 25.5. The molecule has 1 saturated heterocycles. The molecule has 0 spiro atoms. The number of carboxylic acids is 1. The normalized spacial score (nSPS) is 44.5. The molecule has 0 radical (unpaired) electrons. The van der Waals surface area contributed by atoms with Crippen LogP contribution >= 0.6 is 0 Å². The highest BCUT2D eigenvalue weighted by Crippen LogP contribution is 2.76. The minimum atomic E-state index is -1.23. The Balaban J connectivity index is 1.34. The van der Waals surface area contributed by atoms with Gasteiger partial charge in [-0.1, -0.05) is 53.2 Å². The Bertz CT molecular complexity index is 1600. The lowest BCUT2D eigenvalue weighted by atomic mass is 9.33. The van der Waals surface area contributed by atoms with Crippen molar-refractivity contribution in [2.45, 2.75) is 164 Å². The summed E-state index contributed by atoms with van der Waals surface area (Å²) in [5.41, 5.74) is -0.355. The molecule has 0 aromatic carbocycles. The van der Waals surface area contributed by atoms with Gasteiger partial charge < -0.3 is 33.5 Å². The van der Waals surface area contributed by atoms with Crippen LogP contribution in [-0.2, 0) is 52.4 Å². The Morgan fingerprint density at radius 2 is 1.40 bits per heavy atom. The summed E-state index contributed by atoms with van der Waals surface area (Å²) in [6, 6.07) is 0. The highest BCUT2D eigenvalue weighted by Gasteiger charge is 2.70. The van der Waals surface area contributed by atoms with Crippen LogP contribution in [0.4, 0.5) is 0 Å². The molecule has 12 nitrogen and oxygen atoms in total. The molecule has 6 rings (SSSR count). The van der Waals surface area contributed by atoms with Crippen molar-refractivity contribution in [1.82, 2.24) is 0 Å². The van der Waals surface area contributed by atoms with Crippen molar-refractivity contribution in [3.8, 4) is 0 Å². The molecule has 6 aliphatic rings. The topological polar surface area (TPSA) is 161 Å². The molecule has 13 atom stereocenters. The van der Waals surface area contributed by atoms with Gasteiger partial charge in [0, 0.05) is 33.1 Å². The monoisotopic (exact) mass is 772 g/mol. The second-order valence-electron chi connectivity index (χ2n) is 19.6. The summed E-state index contributed by atoms with van der Waals surface area (Å²) in [6.07, 6.45) is 5.52. The van der Waals surface area contributed by atoms with Crippen molar-refractivity contribution in [2.75, 3.05) is 13.2 Å². The fourth-order valence-corrected chi connectivity index (χ4v) is 13.1. The predicted molar refractivity (Wildman–Crippen MR) is 199 cm³/mol. The van der Waals surface area contributed by atoms with E-state index in [4.69, 9.17) is 28.4 Å². The van der Waals surface area contributed by atoms with E-state index in [1.54, 1.807) is 0 Å². The molecule has 1 aliphatic heterocycles. The van der Waals surface area contributed by atoms with E-state index in [1.807, 2.05) is 0 Å². The third-order valence-corrected chi connectivity index (χ3v) is 16.0. The highest BCUT2D eigenvalue weighted by atomic mass is 16.7. The van der Waals surface area contributed by atoms with Crippen LogP contribution in [0, 0.1) is 50.2 Å². The third kappa shape index (κ3) is 6.93. The van der Waals surface area contributed by atoms with Crippen LogP contribution in [0.25, 0.3) is 0 Å². The summed E-state index contributed by atoms with van der Waals surface area (Å²) in [5.74, 6) is -2.55. The van der Waals surface area contributed by atoms with Gasteiger partial charge in [-0.15, -0.1) is 0 Å². The SMILES string of the molecule is CC(=O)OC[C@@]1(C)[C@@H]2CC[C@]3(C)[C@H](CC=C4[C@@H]5CC(C)(C)CC[C@]5(C(=O)O)CC[C@]43C)[C@@]2(C)CC[C@@H]1O[C@@H]1OC[C@H](OC(C)=O)[C@H](OC(C)=O)[C@H]1OC(C)=O. The van der Waals surface area contributed by atoms with Crippen LogP contribution < -0.4 is 0 Å². The molecule has 4 saturated carbocycles. The standard InChI is InChI=1S/C43H64O12/c1-24(44)51-23-40(8)31-13-16-42(10)32(12-11-28-29-21-38(5,6)17-19-43(29,37(48)49)20-18-41(28,42)9)39(31,7)15-14-33(40)55-36-35(54-27(4)47)34(53-26(3)46)30(22-50-36)52-25(2)45/h11,29-36H,12-23H2,1-10H3,(H,48,49)/t29-,30-,31+,32+,33-,34-,35+,36-,39-,40-,41+,42+,43-/m0/s1. The van der Waals surface area contributed by atoms with Gasteiger partial charge in [0.1, 0.15) is 0 Å². The molecule has 12 heteroatoms. The first-order valence-corrected chi connectivity index (χ1v) is 20.4. The molecular formula is C43H64O12. The zero-order valence-corrected chi connectivity index (χ0v) is 34.6. The summed E-state index contributed by atoms with van der Waals surface area (Å²) >= 11 is 0. The maximum Gasteiger partial charge on any atom is 0.310 e. The lowest BCUT2D eigenvalue weighted by molar-refractivity contribution is -0.316. The van der Waals surface area contributed by atoms with Crippen molar-refractivity contribution in [3.05, 3.63) is 11.6 Å². The maximum absolute atomic E-state index is 13.1. The fraction of sp³-hybridized carbons (Fsp3) is 0.837. The van der Waals surface area contributed by atoms with Crippen LogP contribution in [0.2, 0.25) is 0 Å². The van der Waals surface area contributed by atoms with Gasteiger partial charge in [0.15, 0.2) is 24.6 Å². The first-order valence-electron chi connectivity index (χ1n) is 20.4. The van der Waals surface area contributed by atoms with Crippen LogP contribution in [-0.4, -0.2) is 78.9 Å². The molecule has 0 bridgehead atoms. The number of allylic oxidation sites excluding steroid dienone is 2. The molecule has 0 unspecified atom stereocenters. The molecule has 0 amide bonds. The van der Waals surface area contributed by atoms with Gasteiger partial charge in [-0.05, 0) is 104 Å². The number of esters is 4. The molecule has 0 aromatic rings. The summed E-state index contributed by atoms with van der Waals surface area (Å²) in [4.78, 5) is 62.2. The van der Waals surface area contributed by atoms with E-state index in [2.05, 4.69) is 47.6 Å². The molecule has 308 valence electrons. The highest BCUT2D eigenvalue weighted by molar-refractivity contribution is 5.76. The molecule has 5 fully saturated rings. The van der Waals surface area contributed by atoms with Crippen LogP contribution in [0.1, 0.15) is 133 Å². The van der Waals surface area contributed by atoms with Crippen molar-refractivity contribution in [3.63, 3.8) is 0 Å². The summed E-state index contributed by atoms with van der Waals surface area (Å²) in [5, 5.41) is 10.8. The van der Waals surface area contributed by atoms with Crippen molar-refractivity contribution in [2.24, 2.45) is 50.2 Å². The Kier molecular flexibility index (Phi) is 10.9. The number of hydrogen-bond acceptors (Lipinski definition) is 11. The number of rotatable bonds is 8. The first kappa shape index (κ1) is 41.6. The van der Waals surface area contributed by atoms with E-state index in [0.29, 0.717) is 12.8 Å². The van der Waals surface area contributed by atoms with Gasteiger partial charge in [0.2, 0.25) is 0 Å². The zero-order valence-electron chi connectivity index (χ0n) is 34.6. The maximum atomic E-state index is 13.1. The van der Waals surface area contributed by atoms with E-state index in [1.165, 1.54) is 33.3 Å². The largest absolute Gasteiger partial charge is 0.481 e. The lowest BCUT2D eigenvalue weighted by Gasteiger charge is -2.71. The second-order valence-corrected chi connectivity index (χ2v) is 19.6. The number of carboxylic acid groups (broad SMARTS) is 1. The molecule has 0 aromatic heterocycles. The molecular weight excluding hydrogens is 708 g/mol. The number of carbonyl (C=O) groups excluding carboxylic acids is 4. The molecule has 55 heavy (non-hydrogen) atoms. The van der Waals surface area contributed by atoms with E-state index < -0.39 is 71.4 Å². The van der Waals surface area contributed by atoms with E-state index in [0.717, 1.165) is 51.4 Å². The Morgan fingerprint density at radius 3 is 2.02 bits per heavy atom. The minimum Gasteiger partial charge on any atom is -0.481 e. The van der Waals surface area contributed by atoms with Crippen LogP contribution in [0.3, 0.4) is 0 Å². The number of carbonyl (C=O) groups is 5. The van der Waals surface area contributed by atoms with Gasteiger partial charge in [0.25, 0.3) is 0 Å². The quantitative estimate of drug-likeness (QED) is 0.117. The van der Waals surface area contributed by atoms with Crippen molar-refractivity contribution >= 4 is 29.8 Å². The third-order valence-electron chi connectivity index (χ3n) is 16.0. The average Bonchev–Trinajstić information content (AvgIpc) is 3.07. The van der Waals surface area contributed by atoms with Crippen LogP contribution in [0.15, 0.2) is 11.6 Å². The number of hydrogen-bond donors (Lipinski definition) is 1. The summed E-state index contributed by atoms with van der Waals surface area (Å²) < 4.78 is 35.6. The van der Waals surface area contributed by atoms with Gasteiger partial charge >= 0.3 is 29.8 Å². The number of fused-ring (bicyclic) bond motifs is 7. The van der Waals surface area contributed by atoms with Gasteiger partial charge in [-0.2, -0.15) is 0 Å². The Morgan fingerprint density at radius 1 is 0.764 bits per heavy atom. The molecule has 1 heterocycles. The predicted octanol–water partition coefficient (Wildman–Crippen LogP) is 6.95. The van der Waals surface area contributed by atoms with E-state index in [-0.39, 0.29) is 52.6 Å². The van der Waals surface area contributed by atoms with Gasteiger partial charge in [0.05, 0.1) is 24.7 Å². The minimum absolute atomic E-state index is 0.0195. The van der Waals surface area contributed by atoms with Crippen molar-refractivity contribution in [1.29, 1.82) is 0 Å². The Labute approximate surface area is 326 Å². The van der Waals surface area contributed by atoms with E-state index in [9.17, 15) is 29.1 Å². The average molecular weight is 773 g/mol. The second kappa shape index (κ2) is 14.4. The summed E-state index contributed by atoms with van der Waals surface area (Å²) in [7, 11) is 0. The number of ether oxygens (including phenoxy) is 6. The molecule has 5 aliphatic carbocycles. The number of aliphatic carboxylic acids is 1. The van der Waals surface area contributed by atoms with Gasteiger partial charge in [-0.25, -0.2) is 0 Å². The van der Waals surface area contributed by atoms with Crippen molar-refractivity contribution < 1.29 is 57.5 Å². The summed E-state index contributed by atoms with van der Waals surface area (Å²) in [6.45, 7) is 19.1. The van der Waals surface area contributed by atoms with Crippen LogP contribution in [0.5, 0.6) is 0 Å².